The Morgan fingerprint density at radius 1 is 0.925 bits per heavy atom. The molecule has 0 amide bonds. The van der Waals surface area contributed by atoms with Gasteiger partial charge in [0.2, 0.25) is 0 Å². The molecule has 0 spiro atoms. The summed E-state index contributed by atoms with van der Waals surface area (Å²) in [6.07, 6.45) is 2.52. The van der Waals surface area contributed by atoms with Crippen LogP contribution in [0.2, 0.25) is 0 Å². The van der Waals surface area contributed by atoms with Crippen LogP contribution in [0.15, 0.2) is 78.9 Å². The molecule has 0 radical (unpaired) electrons. The van der Waals surface area contributed by atoms with Crippen LogP contribution >= 0.6 is 0 Å². The first-order valence-electron chi connectivity index (χ1n) is 13.9. The quantitative estimate of drug-likeness (QED) is 0.253. The van der Waals surface area contributed by atoms with E-state index in [1.807, 2.05) is 61.5 Å². The molecule has 7 heteroatoms. The van der Waals surface area contributed by atoms with Crippen molar-refractivity contribution >= 4 is 11.9 Å². The molecule has 2 heterocycles. The van der Waals surface area contributed by atoms with Crippen LogP contribution in [0.5, 0.6) is 0 Å². The number of ether oxygens (including phenoxy) is 1. The largest absolute Gasteiger partial charge is 0.478 e. The van der Waals surface area contributed by atoms with Gasteiger partial charge in [0.1, 0.15) is 5.82 Å². The number of esters is 1. The van der Waals surface area contributed by atoms with Crippen LogP contribution < -0.4 is 0 Å². The second-order valence-corrected chi connectivity index (χ2v) is 10.1. The lowest BCUT2D eigenvalue weighted by Crippen LogP contribution is -2.41. The standard InChI is InChI=1S/C33H35N3O4/c1-3-10-29-34-28-19-20-35(21-23-11-6-5-7-12-23)31(33(39)40-4-2)30(28)36(29)22-24-15-17-25(18-16-24)26-13-8-9-14-27(26)32(37)38/h5-9,11-18,31H,3-4,10,19-22H2,1-2H3,(H,37,38). The van der Waals surface area contributed by atoms with Gasteiger partial charge in [0.25, 0.3) is 0 Å². The van der Waals surface area contributed by atoms with E-state index < -0.39 is 12.0 Å². The van der Waals surface area contributed by atoms with Gasteiger partial charge in [-0.2, -0.15) is 0 Å². The first-order chi connectivity index (χ1) is 19.5. The zero-order valence-electron chi connectivity index (χ0n) is 23.0. The average Bonchev–Trinajstić information content (AvgIpc) is 3.31. The number of benzene rings is 3. The highest BCUT2D eigenvalue weighted by Crippen LogP contribution is 2.34. The van der Waals surface area contributed by atoms with Crippen molar-refractivity contribution in [2.24, 2.45) is 0 Å². The van der Waals surface area contributed by atoms with Crippen LogP contribution in [-0.4, -0.2) is 44.6 Å². The summed E-state index contributed by atoms with van der Waals surface area (Å²) in [4.78, 5) is 32.4. The van der Waals surface area contributed by atoms with E-state index in [2.05, 4.69) is 28.5 Å². The maximum absolute atomic E-state index is 13.5. The Kier molecular flexibility index (Phi) is 8.41. The van der Waals surface area contributed by atoms with Gasteiger partial charge in [-0.3, -0.25) is 4.90 Å². The van der Waals surface area contributed by atoms with E-state index in [-0.39, 0.29) is 11.5 Å². The minimum absolute atomic E-state index is 0.246. The lowest BCUT2D eigenvalue weighted by atomic mass is 9.98. The summed E-state index contributed by atoms with van der Waals surface area (Å²) in [5.41, 5.74) is 5.91. The van der Waals surface area contributed by atoms with Crippen LogP contribution in [0.4, 0.5) is 0 Å². The van der Waals surface area contributed by atoms with Crippen LogP contribution in [0.1, 0.15) is 65.0 Å². The molecule has 1 unspecified atom stereocenters. The molecule has 0 bridgehead atoms. The maximum Gasteiger partial charge on any atom is 0.336 e. The molecule has 0 fully saturated rings. The Morgan fingerprint density at radius 3 is 2.33 bits per heavy atom. The second-order valence-electron chi connectivity index (χ2n) is 10.1. The Hall–Kier alpha value is -4.23. The molecule has 1 atom stereocenters. The molecule has 206 valence electrons. The van der Waals surface area contributed by atoms with Gasteiger partial charge in [0, 0.05) is 32.5 Å². The van der Waals surface area contributed by atoms with Crippen molar-refractivity contribution in [3.63, 3.8) is 0 Å². The number of nitrogens with zero attached hydrogens (tertiary/aromatic N) is 3. The van der Waals surface area contributed by atoms with Gasteiger partial charge in [-0.1, -0.05) is 79.7 Å². The Labute approximate surface area is 235 Å². The fourth-order valence-electron chi connectivity index (χ4n) is 5.56. The average molecular weight is 538 g/mol. The lowest BCUT2D eigenvalue weighted by Gasteiger charge is -2.34. The van der Waals surface area contributed by atoms with E-state index in [1.165, 1.54) is 0 Å². The number of hydrogen-bond donors (Lipinski definition) is 1. The first kappa shape index (κ1) is 27.3. The SMILES string of the molecule is CCCc1nc2c(n1Cc1ccc(-c3ccccc3C(=O)O)cc1)C(C(=O)OCC)N(Cc1ccccc1)CC2. The Morgan fingerprint density at radius 2 is 1.62 bits per heavy atom. The van der Waals surface area contributed by atoms with Gasteiger partial charge in [-0.15, -0.1) is 0 Å². The third-order valence-electron chi connectivity index (χ3n) is 7.40. The predicted molar refractivity (Wildman–Crippen MR) is 154 cm³/mol. The third kappa shape index (κ3) is 5.70. The zero-order chi connectivity index (χ0) is 28.1. The summed E-state index contributed by atoms with van der Waals surface area (Å²) in [6, 6.07) is 24.7. The minimum Gasteiger partial charge on any atom is -0.478 e. The van der Waals surface area contributed by atoms with Crippen LogP contribution in [0, 0.1) is 0 Å². The number of rotatable bonds is 10. The highest BCUT2D eigenvalue weighted by atomic mass is 16.5. The maximum atomic E-state index is 13.5. The van der Waals surface area contributed by atoms with Crippen molar-refractivity contribution in [2.45, 2.75) is 52.2 Å². The number of carboxylic acids is 1. The minimum atomic E-state index is -0.945. The van der Waals surface area contributed by atoms with Gasteiger partial charge >= 0.3 is 11.9 Å². The highest BCUT2D eigenvalue weighted by Gasteiger charge is 2.38. The van der Waals surface area contributed by atoms with Crippen molar-refractivity contribution < 1.29 is 19.4 Å². The molecule has 4 aromatic rings. The molecule has 1 aliphatic rings. The molecule has 1 N–H and O–H groups in total. The molecule has 0 saturated carbocycles. The summed E-state index contributed by atoms with van der Waals surface area (Å²) in [7, 11) is 0. The van der Waals surface area contributed by atoms with Crippen molar-refractivity contribution in [1.82, 2.24) is 14.5 Å². The van der Waals surface area contributed by atoms with E-state index in [9.17, 15) is 14.7 Å². The van der Waals surface area contributed by atoms with E-state index in [1.54, 1.807) is 12.1 Å². The summed E-state index contributed by atoms with van der Waals surface area (Å²) in [5.74, 6) is -0.216. The first-order valence-corrected chi connectivity index (χ1v) is 13.9. The summed E-state index contributed by atoms with van der Waals surface area (Å²) in [6.45, 7) is 6.23. The van der Waals surface area contributed by atoms with Crippen molar-refractivity contribution in [3.05, 3.63) is 113 Å². The molecule has 0 saturated heterocycles. The zero-order valence-corrected chi connectivity index (χ0v) is 23.0. The van der Waals surface area contributed by atoms with Gasteiger partial charge in [-0.05, 0) is 41.7 Å². The van der Waals surface area contributed by atoms with E-state index >= 15 is 0 Å². The number of aromatic carboxylic acids is 1. The molecule has 1 aromatic heterocycles. The number of aryl methyl sites for hydroxylation is 1. The fraction of sp³-hybridized carbons (Fsp3) is 0.303. The molecule has 0 aliphatic carbocycles. The van der Waals surface area contributed by atoms with Crippen LogP contribution in [-0.2, 0) is 35.5 Å². The number of imidazole rings is 1. The Bertz CT molecular complexity index is 1480. The molecule has 5 rings (SSSR count). The van der Waals surface area contributed by atoms with Crippen molar-refractivity contribution in [1.29, 1.82) is 0 Å². The lowest BCUT2D eigenvalue weighted by molar-refractivity contribution is -0.151. The van der Waals surface area contributed by atoms with E-state index in [0.29, 0.717) is 25.3 Å². The topological polar surface area (TPSA) is 84.7 Å². The van der Waals surface area contributed by atoms with Gasteiger partial charge < -0.3 is 14.4 Å². The number of carbonyl (C=O) groups excluding carboxylic acids is 1. The normalized spacial score (nSPS) is 15.0. The van der Waals surface area contributed by atoms with Gasteiger partial charge in [0.15, 0.2) is 6.04 Å². The summed E-state index contributed by atoms with van der Waals surface area (Å²) in [5, 5.41) is 9.62. The monoisotopic (exact) mass is 537 g/mol. The predicted octanol–water partition coefficient (Wildman–Crippen LogP) is 5.91. The number of carboxylic acid groups (broad SMARTS) is 1. The molecular formula is C33H35N3O4. The van der Waals surface area contributed by atoms with Crippen LogP contribution in [0.3, 0.4) is 0 Å². The molecule has 3 aromatic carbocycles. The fourth-order valence-corrected chi connectivity index (χ4v) is 5.56. The van der Waals surface area contributed by atoms with Crippen molar-refractivity contribution in [3.8, 4) is 11.1 Å². The molecule has 40 heavy (non-hydrogen) atoms. The van der Waals surface area contributed by atoms with E-state index in [0.717, 1.165) is 59.7 Å². The number of carbonyl (C=O) groups is 2. The van der Waals surface area contributed by atoms with E-state index in [4.69, 9.17) is 9.72 Å². The number of aromatic nitrogens is 2. The summed E-state index contributed by atoms with van der Waals surface area (Å²) < 4.78 is 7.81. The number of hydrogen-bond acceptors (Lipinski definition) is 5. The third-order valence-corrected chi connectivity index (χ3v) is 7.40. The highest BCUT2D eigenvalue weighted by molar-refractivity contribution is 5.96. The van der Waals surface area contributed by atoms with Gasteiger partial charge in [-0.25, -0.2) is 14.6 Å². The summed E-state index contributed by atoms with van der Waals surface area (Å²) >= 11 is 0. The molecular weight excluding hydrogens is 502 g/mol. The van der Waals surface area contributed by atoms with Gasteiger partial charge in [0.05, 0.1) is 23.6 Å². The van der Waals surface area contributed by atoms with Crippen LogP contribution in [0.25, 0.3) is 11.1 Å². The molecule has 1 aliphatic heterocycles. The Balaban J connectivity index is 1.51. The smallest absolute Gasteiger partial charge is 0.336 e. The molecule has 7 nitrogen and oxygen atoms in total. The number of fused-ring (bicyclic) bond motifs is 1. The second kappa shape index (κ2) is 12.3. The van der Waals surface area contributed by atoms with Crippen molar-refractivity contribution in [2.75, 3.05) is 13.2 Å².